The van der Waals surface area contributed by atoms with Gasteiger partial charge in [-0.05, 0) is 12.8 Å². The average molecular weight is 208 g/mol. The number of alkyl halides is 1. The van der Waals surface area contributed by atoms with Gasteiger partial charge in [0.25, 0.3) is 0 Å². The first-order valence-corrected chi connectivity index (χ1v) is 5.25. The van der Waals surface area contributed by atoms with Crippen LogP contribution in [0.4, 0.5) is 0 Å². The van der Waals surface area contributed by atoms with Gasteiger partial charge in [-0.15, -0.1) is 11.6 Å². The molecule has 0 radical (unpaired) electrons. The van der Waals surface area contributed by atoms with Crippen LogP contribution in [0.2, 0.25) is 0 Å². The van der Waals surface area contributed by atoms with E-state index in [-0.39, 0.29) is 11.8 Å². The lowest BCUT2D eigenvalue weighted by atomic mass is 10.4. The zero-order chi connectivity index (χ0) is 9.94. The van der Waals surface area contributed by atoms with E-state index < -0.39 is 0 Å². The molecule has 1 N–H and O–H groups in total. The molecule has 0 saturated carbocycles. The molecule has 0 aromatic heterocycles. The molecule has 0 bridgehead atoms. The Bertz CT molecular complexity index is 131. The fourth-order valence-corrected chi connectivity index (χ4v) is 0.892. The minimum Gasteiger partial charge on any atom is -0.381 e. The summed E-state index contributed by atoms with van der Waals surface area (Å²) in [4.78, 5) is 10.7. The van der Waals surface area contributed by atoms with E-state index in [1.165, 1.54) is 0 Å². The topological polar surface area (TPSA) is 38.3 Å². The van der Waals surface area contributed by atoms with Crippen LogP contribution in [0, 0.1) is 0 Å². The minimum atomic E-state index is -0.116. The number of hydrogen-bond donors (Lipinski definition) is 1. The van der Waals surface area contributed by atoms with E-state index in [1.807, 2.05) is 0 Å². The second-order valence-corrected chi connectivity index (χ2v) is 3.07. The number of halogens is 1. The van der Waals surface area contributed by atoms with Gasteiger partial charge in [-0.3, -0.25) is 4.79 Å². The van der Waals surface area contributed by atoms with Crippen molar-refractivity contribution in [2.75, 3.05) is 25.6 Å². The summed E-state index contributed by atoms with van der Waals surface area (Å²) >= 11 is 5.29. The van der Waals surface area contributed by atoms with Crippen LogP contribution in [-0.2, 0) is 9.53 Å². The van der Waals surface area contributed by atoms with Gasteiger partial charge in [0.05, 0.1) is 0 Å². The first-order chi connectivity index (χ1) is 6.31. The summed E-state index contributed by atoms with van der Waals surface area (Å²) in [6, 6.07) is 0. The summed E-state index contributed by atoms with van der Waals surface area (Å²) in [5.74, 6) is -0.0771. The number of nitrogens with one attached hydrogen (secondary N) is 1. The van der Waals surface area contributed by atoms with Crippen molar-refractivity contribution in [1.82, 2.24) is 5.32 Å². The largest absolute Gasteiger partial charge is 0.381 e. The molecule has 0 atom stereocenters. The van der Waals surface area contributed by atoms with Crippen molar-refractivity contribution in [2.24, 2.45) is 0 Å². The molecule has 0 rings (SSSR count). The van der Waals surface area contributed by atoms with Crippen molar-refractivity contribution in [3.8, 4) is 0 Å². The van der Waals surface area contributed by atoms with Crippen LogP contribution in [0.15, 0.2) is 0 Å². The molecule has 0 spiro atoms. The van der Waals surface area contributed by atoms with E-state index in [2.05, 4.69) is 12.2 Å². The molecule has 0 aromatic rings. The van der Waals surface area contributed by atoms with Crippen LogP contribution < -0.4 is 5.32 Å². The molecular formula is C9H18ClNO2. The molecule has 0 saturated heterocycles. The Morgan fingerprint density at radius 1 is 1.38 bits per heavy atom. The normalized spacial score (nSPS) is 10.0. The highest BCUT2D eigenvalue weighted by Crippen LogP contribution is 1.89. The van der Waals surface area contributed by atoms with Gasteiger partial charge < -0.3 is 10.1 Å². The monoisotopic (exact) mass is 207 g/mol. The Morgan fingerprint density at radius 3 is 2.69 bits per heavy atom. The molecule has 13 heavy (non-hydrogen) atoms. The van der Waals surface area contributed by atoms with Crippen molar-refractivity contribution < 1.29 is 9.53 Å². The third kappa shape index (κ3) is 9.64. The van der Waals surface area contributed by atoms with Crippen molar-refractivity contribution in [1.29, 1.82) is 0 Å². The van der Waals surface area contributed by atoms with Gasteiger partial charge >= 0.3 is 0 Å². The summed E-state index contributed by atoms with van der Waals surface area (Å²) in [6.45, 7) is 4.31. The standard InChI is InChI=1S/C9H18ClNO2/c1-2-3-6-13-7-4-5-11-9(12)8-10/h2-8H2,1H3,(H,11,12). The maximum atomic E-state index is 10.7. The highest BCUT2D eigenvalue weighted by atomic mass is 35.5. The van der Waals surface area contributed by atoms with Gasteiger partial charge in [0.1, 0.15) is 5.88 Å². The smallest absolute Gasteiger partial charge is 0.234 e. The second kappa shape index (κ2) is 9.81. The minimum absolute atomic E-state index is 0.0384. The van der Waals surface area contributed by atoms with E-state index in [4.69, 9.17) is 16.3 Å². The van der Waals surface area contributed by atoms with E-state index in [0.29, 0.717) is 13.2 Å². The molecular weight excluding hydrogens is 190 g/mol. The summed E-state index contributed by atoms with van der Waals surface area (Å²) in [7, 11) is 0. The quantitative estimate of drug-likeness (QED) is 0.485. The zero-order valence-electron chi connectivity index (χ0n) is 8.14. The Labute approximate surface area is 84.8 Å². The van der Waals surface area contributed by atoms with Gasteiger partial charge in [-0.25, -0.2) is 0 Å². The van der Waals surface area contributed by atoms with Gasteiger partial charge in [0.15, 0.2) is 0 Å². The Kier molecular flexibility index (Phi) is 9.59. The Morgan fingerprint density at radius 2 is 2.08 bits per heavy atom. The molecule has 0 aliphatic rings. The molecule has 0 aromatic carbocycles. The number of hydrogen-bond acceptors (Lipinski definition) is 2. The van der Waals surface area contributed by atoms with Gasteiger partial charge in [0.2, 0.25) is 5.91 Å². The number of ether oxygens (including phenoxy) is 1. The highest BCUT2D eigenvalue weighted by molar-refractivity contribution is 6.27. The summed E-state index contributed by atoms with van der Waals surface area (Å²) in [5.41, 5.74) is 0. The van der Waals surface area contributed by atoms with Crippen molar-refractivity contribution in [2.45, 2.75) is 26.2 Å². The van der Waals surface area contributed by atoms with E-state index in [1.54, 1.807) is 0 Å². The zero-order valence-corrected chi connectivity index (χ0v) is 8.90. The Hall–Kier alpha value is -0.280. The first-order valence-electron chi connectivity index (χ1n) is 4.71. The maximum Gasteiger partial charge on any atom is 0.234 e. The molecule has 0 unspecified atom stereocenters. The molecule has 78 valence electrons. The van der Waals surface area contributed by atoms with Gasteiger partial charge in [-0.2, -0.15) is 0 Å². The maximum absolute atomic E-state index is 10.7. The van der Waals surface area contributed by atoms with Crippen LogP contribution in [-0.4, -0.2) is 31.5 Å². The predicted octanol–water partition coefficient (Wildman–Crippen LogP) is 1.55. The third-order valence-corrected chi connectivity index (χ3v) is 1.79. The second-order valence-electron chi connectivity index (χ2n) is 2.80. The lowest BCUT2D eigenvalue weighted by Crippen LogP contribution is -2.26. The fourth-order valence-electron chi connectivity index (χ4n) is 0.798. The molecule has 0 aliphatic carbocycles. The van der Waals surface area contributed by atoms with Crippen LogP contribution >= 0.6 is 11.6 Å². The van der Waals surface area contributed by atoms with Crippen molar-refractivity contribution >= 4 is 17.5 Å². The number of carbonyl (C=O) groups is 1. The van der Waals surface area contributed by atoms with Crippen molar-refractivity contribution in [3.63, 3.8) is 0 Å². The molecule has 3 nitrogen and oxygen atoms in total. The SMILES string of the molecule is CCCCOCCCNC(=O)CCl. The number of unbranched alkanes of at least 4 members (excludes halogenated alkanes) is 1. The summed E-state index contributed by atoms with van der Waals surface area (Å²) < 4.78 is 5.31. The van der Waals surface area contributed by atoms with E-state index >= 15 is 0 Å². The number of rotatable bonds is 8. The van der Waals surface area contributed by atoms with Crippen LogP contribution in [0.1, 0.15) is 26.2 Å². The van der Waals surface area contributed by atoms with E-state index in [9.17, 15) is 4.79 Å². The summed E-state index contributed by atoms with van der Waals surface area (Å²) in [6.07, 6.45) is 3.11. The lowest BCUT2D eigenvalue weighted by Gasteiger charge is -2.03. The van der Waals surface area contributed by atoms with Gasteiger partial charge in [0, 0.05) is 19.8 Å². The molecule has 0 aliphatic heterocycles. The lowest BCUT2D eigenvalue weighted by molar-refractivity contribution is -0.118. The van der Waals surface area contributed by atoms with Crippen molar-refractivity contribution in [3.05, 3.63) is 0 Å². The van der Waals surface area contributed by atoms with Gasteiger partial charge in [-0.1, -0.05) is 13.3 Å². The number of carbonyl (C=O) groups excluding carboxylic acids is 1. The van der Waals surface area contributed by atoms with E-state index in [0.717, 1.165) is 25.9 Å². The molecule has 0 heterocycles. The third-order valence-electron chi connectivity index (χ3n) is 1.55. The van der Waals surface area contributed by atoms with Crippen LogP contribution in [0.25, 0.3) is 0 Å². The van der Waals surface area contributed by atoms with Crippen LogP contribution in [0.5, 0.6) is 0 Å². The Balaban J connectivity index is 2.95. The molecule has 0 fully saturated rings. The number of amides is 1. The summed E-state index contributed by atoms with van der Waals surface area (Å²) in [5, 5.41) is 2.67. The predicted molar refractivity (Wildman–Crippen MR) is 54.1 cm³/mol. The average Bonchev–Trinajstić information content (AvgIpc) is 2.16. The molecule has 4 heteroatoms. The first kappa shape index (κ1) is 12.7. The highest BCUT2D eigenvalue weighted by Gasteiger charge is 1.95. The molecule has 1 amide bonds. The van der Waals surface area contributed by atoms with Crippen LogP contribution in [0.3, 0.4) is 0 Å². The fraction of sp³-hybridized carbons (Fsp3) is 0.889.